The maximum absolute atomic E-state index is 6.03. The molecule has 0 amide bonds. The van der Waals surface area contributed by atoms with Gasteiger partial charge in [-0.15, -0.1) is 33.2 Å². The standard InChI is InChI=1S/C10H21Cl3Si/c1-4-5-6-7-8-9-10(2,3)14(11,12)13/h4-9H2,1-3H3. The monoisotopic (exact) mass is 274 g/mol. The molecule has 0 unspecified atom stereocenters. The first kappa shape index (κ1) is 15.1. The Morgan fingerprint density at radius 2 is 1.43 bits per heavy atom. The Morgan fingerprint density at radius 3 is 1.86 bits per heavy atom. The molecular weight excluding hydrogens is 255 g/mol. The summed E-state index contributed by atoms with van der Waals surface area (Å²) in [7, 11) is 0. The number of unbranched alkanes of at least 4 members (excludes halogenated alkanes) is 4. The van der Waals surface area contributed by atoms with Crippen LogP contribution in [0.3, 0.4) is 0 Å². The van der Waals surface area contributed by atoms with Crippen LogP contribution < -0.4 is 0 Å². The third-order valence-corrected chi connectivity index (χ3v) is 9.06. The minimum atomic E-state index is -2.54. The zero-order chi connectivity index (χ0) is 11.2. The molecule has 0 radical (unpaired) electrons. The van der Waals surface area contributed by atoms with Crippen molar-refractivity contribution in [2.24, 2.45) is 0 Å². The number of rotatable bonds is 7. The van der Waals surface area contributed by atoms with Crippen molar-refractivity contribution in [2.45, 2.75) is 64.3 Å². The lowest BCUT2D eigenvalue weighted by Crippen LogP contribution is -2.27. The highest BCUT2D eigenvalue weighted by Crippen LogP contribution is 2.49. The van der Waals surface area contributed by atoms with Gasteiger partial charge in [0.15, 0.2) is 0 Å². The van der Waals surface area contributed by atoms with Gasteiger partial charge in [0, 0.05) is 5.04 Å². The van der Waals surface area contributed by atoms with Crippen LogP contribution in [0.5, 0.6) is 0 Å². The zero-order valence-electron chi connectivity index (χ0n) is 9.38. The van der Waals surface area contributed by atoms with Crippen LogP contribution in [0.25, 0.3) is 0 Å². The lowest BCUT2D eigenvalue weighted by atomic mass is 10.0. The molecule has 0 aliphatic heterocycles. The van der Waals surface area contributed by atoms with E-state index in [1.54, 1.807) is 0 Å². The quantitative estimate of drug-likeness (QED) is 0.314. The molecule has 14 heavy (non-hydrogen) atoms. The maximum atomic E-state index is 6.03. The molecule has 0 N–H and O–H groups in total. The average Bonchev–Trinajstić information content (AvgIpc) is 2.02. The molecule has 0 saturated carbocycles. The molecule has 0 rings (SSSR count). The SMILES string of the molecule is CCCCCCCC(C)(C)[Si](Cl)(Cl)Cl. The fourth-order valence-electron chi connectivity index (χ4n) is 1.31. The average molecular weight is 276 g/mol. The minimum absolute atomic E-state index is 0.0795. The van der Waals surface area contributed by atoms with E-state index < -0.39 is 6.00 Å². The highest BCUT2D eigenvalue weighted by molar-refractivity contribution is 7.65. The van der Waals surface area contributed by atoms with Crippen LogP contribution in [0.2, 0.25) is 5.04 Å². The van der Waals surface area contributed by atoms with Crippen LogP contribution >= 0.6 is 33.2 Å². The molecule has 0 fully saturated rings. The maximum Gasteiger partial charge on any atom is 0.346 e. The Kier molecular flexibility index (Phi) is 7.14. The molecule has 0 atom stereocenters. The van der Waals surface area contributed by atoms with Gasteiger partial charge < -0.3 is 0 Å². The van der Waals surface area contributed by atoms with Crippen LogP contribution in [0.15, 0.2) is 0 Å². The molecule has 0 aliphatic rings. The van der Waals surface area contributed by atoms with Crippen molar-refractivity contribution in [3.05, 3.63) is 0 Å². The molecule has 4 heteroatoms. The number of hydrogen-bond donors (Lipinski definition) is 0. The summed E-state index contributed by atoms with van der Waals surface area (Å²) in [5.74, 6) is 0. The van der Waals surface area contributed by atoms with Gasteiger partial charge in [-0.2, -0.15) is 0 Å². The first-order chi connectivity index (χ1) is 6.31. The normalized spacial score (nSPS) is 13.3. The van der Waals surface area contributed by atoms with Gasteiger partial charge in [0.1, 0.15) is 0 Å². The van der Waals surface area contributed by atoms with Crippen molar-refractivity contribution in [1.82, 2.24) is 0 Å². The van der Waals surface area contributed by atoms with E-state index in [4.69, 9.17) is 33.2 Å². The summed E-state index contributed by atoms with van der Waals surface area (Å²) in [6, 6.07) is -2.54. The van der Waals surface area contributed by atoms with E-state index in [1.165, 1.54) is 32.1 Å². The highest BCUT2D eigenvalue weighted by atomic mass is 35.8. The van der Waals surface area contributed by atoms with E-state index >= 15 is 0 Å². The molecule has 0 saturated heterocycles. The molecule has 0 bridgehead atoms. The van der Waals surface area contributed by atoms with Crippen molar-refractivity contribution in [3.63, 3.8) is 0 Å². The van der Waals surface area contributed by atoms with Crippen molar-refractivity contribution in [1.29, 1.82) is 0 Å². The Labute approximate surface area is 103 Å². The smallest absolute Gasteiger partial charge is 0.125 e. The summed E-state index contributed by atoms with van der Waals surface area (Å²) >= 11 is 18.1. The lowest BCUT2D eigenvalue weighted by Gasteiger charge is -2.30. The van der Waals surface area contributed by atoms with Gasteiger partial charge in [-0.3, -0.25) is 0 Å². The molecule has 0 aromatic heterocycles. The molecular formula is C10H21Cl3Si. The van der Waals surface area contributed by atoms with E-state index in [0.29, 0.717) is 0 Å². The molecule has 0 aromatic rings. The zero-order valence-corrected chi connectivity index (χ0v) is 12.6. The summed E-state index contributed by atoms with van der Waals surface area (Å²) in [5.41, 5.74) is 0. The predicted octanol–water partition coefficient (Wildman–Crippen LogP) is 5.78. The van der Waals surface area contributed by atoms with E-state index in [2.05, 4.69) is 20.8 Å². The van der Waals surface area contributed by atoms with Crippen LogP contribution in [0.4, 0.5) is 0 Å². The van der Waals surface area contributed by atoms with Crippen LogP contribution in [-0.2, 0) is 0 Å². The molecule has 0 nitrogen and oxygen atoms in total. The van der Waals surface area contributed by atoms with E-state index in [1.807, 2.05) is 0 Å². The summed E-state index contributed by atoms with van der Waals surface area (Å²) in [6.07, 6.45) is 7.42. The van der Waals surface area contributed by atoms with Crippen LogP contribution in [0.1, 0.15) is 59.3 Å². The molecule has 0 heterocycles. The fraction of sp³-hybridized carbons (Fsp3) is 1.00. The second-order valence-electron chi connectivity index (χ2n) is 4.55. The van der Waals surface area contributed by atoms with Crippen molar-refractivity contribution < 1.29 is 0 Å². The van der Waals surface area contributed by atoms with Crippen molar-refractivity contribution in [2.75, 3.05) is 0 Å². The topological polar surface area (TPSA) is 0 Å². The van der Waals surface area contributed by atoms with Crippen molar-refractivity contribution in [3.8, 4) is 0 Å². The molecule has 0 spiro atoms. The van der Waals surface area contributed by atoms with Gasteiger partial charge >= 0.3 is 6.00 Å². The van der Waals surface area contributed by atoms with Gasteiger partial charge in [0.2, 0.25) is 0 Å². The molecule has 0 aromatic carbocycles. The van der Waals surface area contributed by atoms with Gasteiger partial charge in [-0.25, -0.2) is 0 Å². The Bertz CT molecular complexity index is 152. The fourth-order valence-corrected chi connectivity index (χ4v) is 2.62. The van der Waals surface area contributed by atoms with Gasteiger partial charge in [-0.05, 0) is 6.42 Å². The lowest BCUT2D eigenvalue weighted by molar-refractivity contribution is 0.529. The number of halogens is 3. The summed E-state index contributed by atoms with van der Waals surface area (Å²) < 4.78 is 0. The first-order valence-electron chi connectivity index (χ1n) is 5.38. The minimum Gasteiger partial charge on any atom is -0.125 e. The Hall–Kier alpha value is 1.09. The molecule has 86 valence electrons. The van der Waals surface area contributed by atoms with E-state index in [-0.39, 0.29) is 5.04 Å². The second kappa shape index (κ2) is 6.62. The third-order valence-electron chi connectivity index (χ3n) is 2.67. The van der Waals surface area contributed by atoms with Crippen LogP contribution in [0, 0.1) is 0 Å². The summed E-state index contributed by atoms with van der Waals surface area (Å²) in [6.45, 7) is 6.37. The summed E-state index contributed by atoms with van der Waals surface area (Å²) in [4.78, 5) is 0. The van der Waals surface area contributed by atoms with Crippen LogP contribution in [-0.4, -0.2) is 6.00 Å². The van der Waals surface area contributed by atoms with Gasteiger partial charge in [0.25, 0.3) is 0 Å². The Morgan fingerprint density at radius 1 is 0.929 bits per heavy atom. The van der Waals surface area contributed by atoms with Gasteiger partial charge in [-0.1, -0.05) is 52.9 Å². The number of hydrogen-bond acceptors (Lipinski definition) is 0. The largest absolute Gasteiger partial charge is 0.346 e. The third kappa shape index (κ3) is 5.84. The van der Waals surface area contributed by atoms with E-state index in [9.17, 15) is 0 Å². The Balaban J connectivity index is 3.67. The highest BCUT2D eigenvalue weighted by Gasteiger charge is 2.43. The predicted molar refractivity (Wildman–Crippen MR) is 70.7 cm³/mol. The molecule has 0 aliphatic carbocycles. The first-order valence-corrected chi connectivity index (χ1v) is 10.4. The second-order valence-corrected chi connectivity index (χ2v) is 13.7. The summed E-state index contributed by atoms with van der Waals surface area (Å²) in [5, 5.41) is -0.0795. The van der Waals surface area contributed by atoms with Crippen molar-refractivity contribution >= 4 is 39.2 Å². The van der Waals surface area contributed by atoms with Gasteiger partial charge in [0.05, 0.1) is 0 Å². The van der Waals surface area contributed by atoms with E-state index in [0.717, 1.165) is 6.42 Å².